The lowest BCUT2D eigenvalue weighted by atomic mass is 10.2. The van der Waals surface area contributed by atoms with Gasteiger partial charge in [-0.3, -0.25) is 9.58 Å². The predicted molar refractivity (Wildman–Crippen MR) is 75.9 cm³/mol. The second-order valence-corrected chi connectivity index (χ2v) is 5.60. The molecule has 1 aliphatic carbocycles. The van der Waals surface area contributed by atoms with Crippen LogP contribution in [0.1, 0.15) is 36.7 Å². The van der Waals surface area contributed by atoms with Crippen LogP contribution in [0, 0.1) is 6.92 Å². The summed E-state index contributed by atoms with van der Waals surface area (Å²) in [5.74, 6) is 0. The van der Waals surface area contributed by atoms with Crippen molar-refractivity contribution in [2.45, 2.75) is 52.4 Å². The zero-order valence-electron chi connectivity index (χ0n) is 12.5. The van der Waals surface area contributed by atoms with Crippen molar-refractivity contribution in [3.05, 3.63) is 29.3 Å². The summed E-state index contributed by atoms with van der Waals surface area (Å²) in [6, 6.07) is 0.704. The van der Waals surface area contributed by atoms with Crippen LogP contribution in [0.5, 0.6) is 0 Å². The van der Waals surface area contributed by atoms with Crippen LogP contribution in [-0.4, -0.2) is 35.7 Å². The molecule has 20 heavy (non-hydrogen) atoms. The molecule has 0 radical (unpaired) electrons. The molecule has 1 fully saturated rings. The number of hydrogen-bond donors (Lipinski definition) is 0. The molecule has 0 unspecified atom stereocenters. The van der Waals surface area contributed by atoms with Crippen molar-refractivity contribution in [1.29, 1.82) is 0 Å². The number of hydrogen-bond acceptors (Lipinski definition) is 4. The molecule has 0 atom stereocenters. The summed E-state index contributed by atoms with van der Waals surface area (Å²) < 4.78 is 3.87. The van der Waals surface area contributed by atoms with Gasteiger partial charge in [-0.05, 0) is 26.7 Å². The molecule has 2 heterocycles. The van der Waals surface area contributed by atoms with E-state index in [2.05, 4.69) is 33.4 Å². The first-order valence-corrected chi connectivity index (χ1v) is 7.28. The maximum atomic E-state index is 4.26. The van der Waals surface area contributed by atoms with Crippen LogP contribution in [0.15, 0.2) is 12.4 Å². The van der Waals surface area contributed by atoms with Gasteiger partial charge in [0.2, 0.25) is 0 Å². The first-order chi connectivity index (χ1) is 9.67. The number of aryl methyl sites for hydroxylation is 3. The molecule has 1 saturated carbocycles. The lowest BCUT2D eigenvalue weighted by molar-refractivity contribution is 0.237. The molecule has 0 bridgehead atoms. The van der Waals surface area contributed by atoms with E-state index in [9.17, 15) is 0 Å². The number of rotatable bonds is 6. The Bertz CT molecular complexity index is 580. The van der Waals surface area contributed by atoms with Gasteiger partial charge in [-0.2, -0.15) is 5.10 Å². The monoisotopic (exact) mass is 274 g/mol. The first-order valence-electron chi connectivity index (χ1n) is 7.28. The summed E-state index contributed by atoms with van der Waals surface area (Å²) in [7, 11) is 1.96. The van der Waals surface area contributed by atoms with Crippen molar-refractivity contribution in [3.63, 3.8) is 0 Å². The maximum absolute atomic E-state index is 4.26. The molecule has 0 N–H and O–H groups in total. The molecule has 2 aromatic heterocycles. The van der Waals surface area contributed by atoms with E-state index in [4.69, 9.17) is 0 Å². The second kappa shape index (κ2) is 5.36. The largest absolute Gasteiger partial charge is 0.290 e. The summed E-state index contributed by atoms with van der Waals surface area (Å²) in [6.45, 7) is 6.91. The Morgan fingerprint density at radius 3 is 2.75 bits per heavy atom. The molecular weight excluding hydrogens is 252 g/mol. The van der Waals surface area contributed by atoms with E-state index >= 15 is 0 Å². The van der Waals surface area contributed by atoms with Crippen LogP contribution in [0.3, 0.4) is 0 Å². The van der Waals surface area contributed by atoms with E-state index < -0.39 is 0 Å². The van der Waals surface area contributed by atoms with Crippen LogP contribution in [0.2, 0.25) is 0 Å². The third-order valence-electron chi connectivity index (χ3n) is 3.89. The maximum Gasteiger partial charge on any atom is 0.0841 e. The van der Waals surface area contributed by atoms with Crippen LogP contribution >= 0.6 is 0 Å². The van der Waals surface area contributed by atoms with Gasteiger partial charge >= 0.3 is 0 Å². The molecular formula is C14H22N6. The van der Waals surface area contributed by atoms with Gasteiger partial charge < -0.3 is 0 Å². The van der Waals surface area contributed by atoms with Crippen molar-refractivity contribution < 1.29 is 0 Å². The van der Waals surface area contributed by atoms with E-state index in [0.717, 1.165) is 25.3 Å². The minimum Gasteiger partial charge on any atom is -0.290 e. The molecule has 0 aromatic carbocycles. The highest BCUT2D eigenvalue weighted by Gasteiger charge is 2.30. The average molecular weight is 274 g/mol. The molecule has 6 heteroatoms. The molecule has 1 aliphatic rings. The van der Waals surface area contributed by atoms with E-state index in [0.29, 0.717) is 6.04 Å². The molecule has 3 rings (SSSR count). The van der Waals surface area contributed by atoms with Gasteiger partial charge in [0.15, 0.2) is 0 Å². The third-order valence-corrected chi connectivity index (χ3v) is 3.89. The standard InChI is InChI=1S/C14H22N6/c1-4-20-14(11(2)16-17-20)10-19(13-5-6-13)9-12-7-15-18(3)8-12/h7-8,13H,4-6,9-10H2,1-3H3. The Morgan fingerprint density at radius 2 is 2.15 bits per heavy atom. The van der Waals surface area contributed by atoms with Crippen molar-refractivity contribution in [2.24, 2.45) is 7.05 Å². The Kier molecular flexibility index (Phi) is 3.56. The number of nitrogens with zero attached hydrogens (tertiary/aromatic N) is 6. The topological polar surface area (TPSA) is 51.8 Å². The average Bonchev–Trinajstić information content (AvgIpc) is 3.12. The van der Waals surface area contributed by atoms with Gasteiger partial charge in [0, 0.05) is 44.5 Å². The van der Waals surface area contributed by atoms with Crippen LogP contribution in [-0.2, 0) is 26.7 Å². The normalized spacial score (nSPS) is 15.2. The predicted octanol–water partition coefficient (Wildman–Crippen LogP) is 1.50. The lowest BCUT2D eigenvalue weighted by Gasteiger charge is -2.21. The fraction of sp³-hybridized carbons (Fsp3) is 0.643. The van der Waals surface area contributed by atoms with E-state index in [1.54, 1.807) is 0 Å². The van der Waals surface area contributed by atoms with Crippen LogP contribution in [0.4, 0.5) is 0 Å². The van der Waals surface area contributed by atoms with Crippen LogP contribution in [0.25, 0.3) is 0 Å². The molecule has 0 spiro atoms. The van der Waals surface area contributed by atoms with Crippen LogP contribution < -0.4 is 0 Å². The Hall–Kier alpha value is -1.69. The summed E-state index contributed by atoms with van der Waals surface area (Å²) in [5.41, 5.74) is 3.56. The van der Waals surface area contributed by atoms with Crippen molar-refractivity contribution >= 4 is 0 Å². The van der Waals surface area contributed by atoms with Crippen molar-refractivity contribution in [1.82, 2.24) is 29.7 Å². The molecule has 6 nitrogen and oxygen atoms in total. The highest BCUT2D eigenvalue weighted by atomic mass is 15.4. The minimum absolute atomic E-state index is 0.704. The zero-order valence-corrected chi connectivity index (χ0v) is 12.5. The smallest absolute Gasteiger partial charge is 0.0841 e. The second-order valence-electron chi connectivity index (χ2n) is 5.60. The molecule has 2 aromatic rings. The summed E-state index contributed by atoms with van der Waals surface area (Å²) in [4.78, 5) is 2.52. The Balaban J connectivity index is 1.76. The third kappa shape index (κ3) is 2.75. The Morgan fingerprint density at radius 1 is 1.35 bits per heavy atom. The Labute approximate surface area is 119 Å². The minimum atomic E-state index is 0.704. The van der Waals surface area contributed by atoms with Crippen molar-refractivity contribution in [3.8, 4) is 0 Å². The van der Waals surface area contributed by atoms with E-state index in [-0.39, 0.29) is 0 Å². The van der Waals surface area contributed by atoms with E-state index in [1.165, 1.54) is 24.1 Å². The van der Waals surface area contributed by atoms with Crippen molar-refractivity contribution in [2.75, 3.05) is 0 Å². The van der Waals surface area contributed by atoms with Gasteiger partial charge in [-0.25, -0.2) is 4.68 Å². The van der Waals surface area contributed by atoms with Gasteiger partial charge in [0.05, 0.1) is 17.6 Å². The summed E-state index contributed by atoms with van der Waals surface area (Å²) in [5, 5.41) is 12.7. The fourth-order valence-electron chi connectivity index (χ4n) is 2.60. The molecule has 0 amide bonds. The quantitative estimate of drug-likeness (QED) is 0.801. The molecule has 0 aliphatic heterocycles. The van der Waals surface area contributed by atoms with Gasteiger partial charge in [0.25, 0.3) is 0 Å². The zero-order chi connectivity index (χ0) is 14.1. The summed E-state index contributed by atoms with van der Waals surface area (Å²) in [6.07, 6.45) is 6.65. The molecule has 108 valence electrons. The lowest BCUT2D eigenvalue weighted by Crippen LogP contribution is -2.26. The number of aromatic nitrogens is 5. The van der Waals surface area contributed by atoms with Gasteiger partial charge in [-0.1, -0.05) is 5.21 Å². The van der Waals surface area contributed by atoms with Gasteiger partial charge in [0.1, 0.15) is 0 Å². The highest BCUT2D eigenvalue weighted by molar-refractivity contribution is 5.10. The fourth-order valence-corrected chi connectivity index (χ4v) is 2.60. The first kappa shape index (κ1) is 13.3. The highest BCUT2D eigenvalue weighted by Crippen LogP contribution is 2.30. The SMILES string of the molecule is CCn1nnc(C)c1CN(Cc1cnn(C)c1)C1CC1. The van der Waals surface area contributed by atoms with Gasteiger partial charge in [-0.15, -0.1) is 5.10 Å². The molecule has 0 saturated heterocycles. The summed E-state index contributed by atoms with van der Waals surface area (Å²) >= 11 is 0. The van der Waals surface area contributed by atoms with E-state index in [1.807, 2.05) is 29.5 Å².